The SMILES string of the molecule is CCCCCCCCC#Cc1c(C=NC(C)(C)C)n(C)c2ccccc12. The van der Waals surface area contributed by atoms with Gasteiger partial charge in [-0.2, -0.15) is 0 Å². The molecule has 2 heteroatoms. The van der Waals surface area contributed by atoms with Gasteiger partial charge in [-0.1, -0.05) is 69.1 Å². The van der Waals surface area contributed by atoms with Crippen molar-refractivity contribution in [2.45, 2.75) is 78.2 Å². The van der Waals surface area contributed by atoms with Crippen LogP contribution in [-0.4, -0.2) is 16.3 Å². The first kappa shape index (κ1) is 20.3. The van der Waals surface area contributed by atoms with E-state index >= 15 is 0 Å². The highest BCUT2D eigenvalue weighted by Crippen LogP contribution is 2.24. The molecular formula is C24H34N2. The molecule has 0 unspecified atom stereocenters. The number of hydrogen-bond acceptors (Lipinski definition) is 1. The fraction of sp³-hybridized carbons (Fsp3) is 0.542. The van der Waals surface area contributed by atoms with E-state index in [4.69, 9.17) is 4.99 Å². The molecule has 140 valence electrons. The van der Waals surface area contributed by atoms with Crippen molar-refractivity contribution in [1.29, 1.82) is 0 Å². The van der Waals surface area contributed by atoms with Crippen molar-refractivity contribution >= 4 is 17.1 Å². The third kappa shape index (κ3) is 5.77. The molecule has 0 aliphatic rings. The molecule has 2 nitrogen and oxygen atoms in total. The summed E-state index contributed by atoms with van der Waals surface area (Å²) in [6, 6.07) is 8.49. The van der Waals surface area contributed by atoms with Crippen LogP contribution >= 0.6 is 0 Å². The maximum atomic E-state index is 4.72. The standard InChI is InChI=1S/C24H34N2/c1-6-7-8-9-10-11-12-13-16-21-20-17-14-15-18-22(20)26(5)23(21)19-25-24(2,3)4/h14-15,17-19H,6-12H2,1-5H3. The van der Waals surface area contributed by atoms with Gasteiger partial charge in [0.1, 0.15) is 0 Å². The maximum Gasteiger partial charge on any atom is 0.0755 e. The Morgan fingerprint density at radius 1 is 1.04 bits per heavy atom. The molecule has 0 aliphatic carbocycles. The second-order valence-corrected chi connectivity index (χ2v) is 8.08. The van der Waals surface area contributed by atoms with E-state index in [0.29, 0.717) is 0 Å². The number of hydrogen-bond donors (Lipinski definition) is 0. The van der Waals surface area contributed by atoms with Crippen LogP contribution in [0.15, 0.2) is 29.3 Å². The number of fused-ring (bicyclic) bond motifs is 1. The van der Waals surface area contributed by atoms with Crippen LogP contribution in [-0.2, 0) is 7.05 Å². The number of benzene rings is 1. The van der Waals surface area contributed by atoms with Crippen molar-refractivity contribution in [3.63, 3.8) is 0 Å². The first-order valence-corrected chi connectivity index (χ1v) is 10.1. The van der Waals surface area contributed by atoms with Gasteiger partial charge in [-0.15, -0.1) is 0 Å². The normalized spacial score (nSPS) is 11.9. The molecule has 0 spiro atoms. The molecule has 0 amide bonds. The van der Waals surface area contributed by atoms with Crippen LogP contribution in [0.5, 0.6) is 0 Å². The van der Waals surface area contributed by atoms with Crippen LogP contribution in [0.1, 0.15) is 83.9 Å². The Bertz CT molecular complexity index is 791. The Balaban J connectivity index is 2.18. The first-order chi connectivity index (χ1) is 12.4. The summed E-state index contributed by atoms with van der Waals surface area (Å²) in [5.41, 5.74) is 3.35. The van der Waals surface area contributed by atoms with Crippen LogP contribution in [0.4, 0.5) is 0 Å². The molecule has 0 radical (unpaired) electrons. The van der Waals surface area contributed by atoms with Crippen molar-refractivity contribution in [3.05, 3.63) is 35.5 Å². The van der Waals surface area contributed by atoms with Gasteiger partial charge in [0, 0.05) is 30.6 Å². The lowest BCUT2D eigenvalue weighted by Crippen LogP contribution is -2.10. The zero-order valence-corrected chi connectivity index (χ0v) is 17.2. The first-order valence-electron chi connectivity index (χ1n) is 10.1. The lowest BCUT2D eigenvalue weighted by Gasteiger charge is -2.11. The van der Waals surface area contributed by atoms with Crippen molar-refractivity contribution < 1.29 is 0 Å². The average molecular weight is 351 g/mol. The Kier molecular flexibility index (Phi) is 7.51. The smallest absolute Gasteiger partial charge is 0.0755 e. The average Bonchev–Trinajstić information content (AvgIpc) is 2.87. The van der Waals surface area contributed by atoms with Gasteiger partial charge >= 0.3 is 0 Å². The predicted octanol–water partition coefficient (Wildman–Crippen LogP) is 6.50. The molecule has 2 rings (SSSR count). The number of aryl methyl sites for hydroxylation is 1. The van der Waals surface area contributed by atoms with E-state index in [1.54, 1.807) is 0 Å². The zero-order valence-electron chi connectivity index (χ0n) is 17.2. The second kappa shape index (κ2) is 9.62. The maximum absolute atomic E-state index is 4.72. The molecule has 1 heterocycles. The quantitative estimate of drug-likeness (QED) is 0.308. The highest BCUT2D eigenvalue weighted by atomic mass is 15.0. The van der Waals surface area contributed by atoms with E-state index in [2.05, 4.69) is 75.4 Å². The number of unbranched alkanes of at least 4 members (excludes halogenated alkanes) is 6. The topological polar surface area (TPSA) is 17.3 Å². The van der Waals surface area contributed by atoms with Gasteiger partial charge in [-0.3, -0.25) is 4.99 Å². The summed E-state index contributed by atoms with van der Waals surface area (Å²) in [5, 5.41) is 1.22. The highest BCUT2D eigenvalue weighted by molar-refractivity contribution is 5.97. The van der Waals surface area contributed by atoms with Gasteiger partial charge in [0.05, 0.1) is 16.8 Å². The molecule has 0 saturated heterocycles. The van der Waals surface area contributed by atoms with Gasteiger partial charge in [-0.25, -0.2) is 0 Å². The van der Waals surface area contributed by atoms with Crippen LogP contribution in [0, 0.1) is 11.8 Å². The van der Waals surface area contributed by atoms with Gasteiger partial charge in [-0.05, 0) is 33.3 Å². The third-order valence-corrected chi connectivity index (χ3v) is 4.60. The molecule has 1 aromatic carbocycles. The van der Waals surface area contributed by atoms with E-state index in [-0.39, 0.29) is 5.54 Å². The van der Waals surface area contributed by atoms with Gasteiger partial charge in [0.25, 0.3) is 0 Å². The number of nitrogens with zero attached hydrogens (tertiary/aromatic N) is 2. The van der Waals surface area contributed by atoms with Crippen molar-refractivity contribution in [2.75, 3.05) is 0 Å². The van der Waals surface area contributed by atoms with E-state index < -0.39 is 0 Å². The highest BCUT2D eigenvalue weighted by Gasteiger charge is 2.13. The van der Waals surface area contributed by atoms with E-state index in [0.717, 1.165) is 17.7 Å². The summed E-state index contributed by atoms with van der Waals surface area (Å²) >= 11 is 0. The van der Waals surface area contributed by atoms with Gasteiger partial charge in [0.15, 0.2) is 0 Å². The molecule has 0 atom stereocenters. The third-order valence-electron chi connectivity index (χ3n) is 4.60. The molecule has 26 heavy (non-hydrogen) atoms. The number of rotatable bonds is 7. The summed E-state index contributed by atoms with van der Waals surface area (Å²) in [4.78, 5) is 4.72. The fourth-order valence-corrected chi connectivity index (χ4v) is 3.09. The molecule has 0 aliphatic heterocycles. The zero-order chi connectivity index (χ0) is 19.0. The molecule has 0 N–H and O–H groups in total. The van der Waals surface area contributed by atoms with Crippen LogP contribution < -0.4 is 0 Å². The minimum absolute atomic E-state index is 0.0837. The minimum Gasteiger partial charge on any atom is -0.342 e. The number of aromatic nitrogens is 1. The van der Waals surface area contributed by atoms with Gasteiger partial charge in [0.2, 0.25) is 0 Å². The lowest BCUT2D eigenvalue weighted by atomic mass is 10.1. The van der Waals surface area contributed by atoms with Crippen molar-refractivity contribution in [2.24, 2.45) is 12.0 Å². The lowest BCUT2D eigenvalue weighted by molar-refractivity contribution is 0.586. The molecule has 2 aromatic rings. The number of para-hydroxylation sites is 1. The molecule has 0 fully saturated rings. The van der Waals surface area contributed by atoms with Gasteiger partial charge < -0.3 is 4.57 Å². The van der Waals surface area contributed by atoms with Crippen LogP contribution in [0.3, 0.4) is 0 Å². The predicted molar refractivity (Wildman–Crippen MR) is 115 cm³/mol. The summed E-state index contributed by atoms with van der Waals surface area (Å²) in [6.07, 6.45) is 10.8. The minimum atomic E-state index is -0.0837. The van der Waals surface area contributed by atoms with E-state index in [9.17, 15) is 0 Å². The van der Waals surface area contributed by atoms with Crippen LogP contribution in [0.2, 0.25) is 0 Å². The summed E-state index contributed by atoms with van der Waals surface area (Å²) in [6.45, 7) is 8.62. The Hall–Kier alpha value is -2.01. The number of aliphatic imine (C=N–C) groups is 1. The largest absolute Gasteiger partial charge is 0.342 e. The Morgan fingerprint density at radius 2 is 1.73 bits per heavy atom. The molecule has 0 bridgehead atoms. The van der Waals surface area contributed by atoms with E-state index in [1.807, 2.05) is 6.21 Å². The summed E-state index contributed by atoms with van der Waals surface area (Å²) in [5.74, 6) is 6.86. The second-order valence-electron chi connectivity index (χ2n) is 8.08. The molecule has 0 saturated carbocycles. The summed E-state index contributed by atoms with van der Waals surface area (Å²) < 4.78 is 2.21. The Morgan fingerprint density at radius 3 is 2.46 bits per heavy atom. The Labute approximate surface area is 159 Å². The van der Waals surface area contributed by atoms with E-state index in [1.165, 1.54) is 49.4 Å². The van der Waals surface area contributed by atoms with Crippen molar-refractivity contribution in [1.82, 2.24) is 4.57 Å². The monoisotopic (exact) mass is 350 g/mol. The van der Waals surface area contributed by atoms with Crippen LogP contribution in [0.25, 0.3) is 10.9 Å². The summed E-state index contributed by atoms with van der Waals surface area (Å²) in [7, 11) is 2.10. The van der Waals surface area contributed by atoms with Crippen molar-refractivity contribution in [3.8, 4) is 11.8 Å². The molecular weight excluding hydrogens is 316 g/mol. The fourth-order valence-electron chi connectivity index (χ4n) is 3.09. The molecule has 1 aromatic heterocycles.